The molecule has 0 bridgehead atoms. The van der Waals surface area contributed by atoms with Crippen molar-refractivity contribution in [2.75, 3.05) is 26.2 Å². The molecule has 3 aromatic rings. The number of unbranched alkanes of at least 4 members (excludes halogenated alkanes) is 1. The van der Waals surface area contributed by atoms with Crippen LogP contribution in [-0.4, -0.2) is 52.0 Å². The predicted molar refractivity (Wildman–Crippen MR) is 144 cm³/mol. The van der Waals surface area contributed by atoms with Gasteiger partial charge in [0.25, 0.3) is 11.5 Å². The second-order valence-corrected chi connectivity index (χ2v) is 10.2. The lowest BCUT2D eigenvalue weighted by Crippen LogP contribution is -2.49. The van der Waals surface area contributed by atoms with Gasteiger partial charge in [0.1, 0.15) is 11.3 Å². The van der Waals surface area contributed by atoms with Crippen molar-refractivity contribution >= 4 is 5.91 Å². The van der Waals surface area contributed by atoms with Crippen LogP contribution in [0.5, 0.6) is 5.75 Å². The number of nitrogens with zero attached hydrogens (tertiary/aromatic N) is 2. The van der Waals surface area contributed by atoms with Crippen LogP contribution in [-0.2, 0) is 13.0 Å². The largest absolute Gasteiger partial charge is 0.506 e. The number of carbonyl (C=O) groups excluding carboxylic acids is 1. The highest BCUT2D eigenvalue weighted by molar-refractivity contribution is 5.99. The minimum absolute atomic E-state index is 0.222. The molecule has 2 heterocycles. The number of piperazine rings is 1. The van der Waals surface area contributed by atoms with E-state index in [2.05, 4.69) is 25.8 Å². The summed E-state index contributed by atoms with van der Waals surface area (Å²) in [6.07, 6.45) is 2.32. The summed E-state index contributed by atoms with van der Waals surface area (Å²) in [5, 5.41) is 11.4. The molecule has 38 heavy (non-hydrogen) atoms. The second kappa shape index (κ2) is 11.9. The van der Waals surface area contributed by atoms with Crippen molar-refractivity contribution in [3.63, 3.8) is 0 Å². The van der Waals surface area contributed by atoms with Crippen molar-refractivity contribution in [1.29, 1.82) is 0 Å². The SMILES string of the molecule is CCCCc1[nH]c(=O)c(C(=O)N2CCN(Cc3cccc(F)c3F)CC2)c(O)c1-c1cccc(C(C)C)c1. The van der Waals surface area contributed by atoms with E-state index in [4.69, 9.17) is 0 Å². The van der Waals surface area contributed by atoms with E-state index < -0.39 is 23.1 Å². The van der Waals surface area contributed by atoms with E-state index in [-0.39, 0.29) is 29.3 Å². The average molecular weight is 524 g/mol. The molecule has 0 radical (unpaired) electrons. The molecule has 8 heteroatoms. The van der Waals surface area contributed by atoms with Crippen molar-refractivity contribution in [3.8, 4) is 16.9 Å². The van der Waals surface area contributed by atoms with Crippen LogP contribution in [0.3, 0.4) is 0 Å². The molecular formula is C30H35F2N3O3. The molecule has 1 aliphatic rings. The lowest BCUT2D eigenvalue weighted by Gasteiger charge is -2.35. The Hall–Kier alpha value is -3.52. The zero-order valence-electron chi connectivity index (χ0n) is 22.2. The number of hydrogen-bond acceptors (Lipinski definition) is 4. The van der Waals surface area contributed by atoms with Crippen molar-refractivity contribution in [3.05, 3.63) is 86.8 Å². The highest BCUT2D eigenvalue weighted by atomic mass is 19.2. The number of H-pyrrole nitrogens is 1. The van der Waals surface area contributed by atoms with Crippen LogP contribution in [0, 0.1) is 11.6 Å². The number of hydrogen-bond donors (Lipinski definition) is 2. The van der Waals surface area contributed by atoms with Crippen molar-refractivity contribution in [2.24, 2.45) is 0 Å². The van der Waals surface area contributed by atoms with Gasteiger partial charge in [-0.25, -0.2) is 8.78 Å². The Labute approximate surface area is 221 Å². The van der Waals surface area contributed by atoms with Gasteiger partial charge in [-0.2, -0.15) is 0 Å². The van der Waals surface area contributed by atoms with Crippen LogP contribution in [0.15, 0.2) is 47.3 Å². The first-order valence-corrected chi connectivity index (χ1v) is 13.2. The third-order valence-corrected chi connectivity index (χ3v) is 7.19. The van der Waals surface area contributed by atoms with Gasteiger partial charge < -0.3 is 15.0 Å². The zero-order valence-corrected chi connectivity index (χ0v) is 22.2. The first-order chi connectivity index (χ1) is 18.2. The number of nitrogens with one attached hydrogen (secondary N) is 1. The van der Waals surface area contributed by atoms with Crippen LogP contribution in [0.2, 0.25) is 0 Å². The van der Waals surface area contributed by atoms with Crippen LogP contribution < -0.4 is 5.56 Å². The molecule has 1 aromatic heterocycles. The van der Waals surface area contributed by atoms with Gasteiger partial charge in [-0.15, -0.1) is 0 Å². The molecule has 202 valence electrons. The van der Waals surface area contributed by atoms with E-state index in [0.29, 0.717) is 43.9 Å². The third-order valence-electron chi connectivity index (χ3n) is 7.19. The summed E-state index contributed by atoms with van der Waals surface area (Å²) in [6.45, 7) is 7.89. The predicted octanol–water partition coefficient (Wildman–Crippen LogP) is 5.45. The molecule has 1 saturated heterocycles. The number of halogens is 2. The quantitative estimate of drug-likeness (QED) is 0.412. The molecule has 1 fully saturated rings. The molecule has 0 saturated carbocycles. The molecule has 0 spiro atoms. The van der Waals surface area contributed by atoms with Gasteiger partial charge in [0, 0.05) is 49.5 Å². The smallest absolute Gasteiger partial charge is 0.264 e. The number of aromatic amines is 1. The Bertz CT molecular complexity index is 1360. The minimum atomic E-state index is -0.886. The topological polar surface area (TPSA) is 76.6 Å². The molecule has 6 nitrogen and oxygen atoms in total. The Morgan fingerprint density at radius 2 is 1.79 bits per heavy atom. The van der Waals surface area contributed by atoms with Gasteiger partial charge >= 0.3 is 0 Å². The number of pyridine rings is 1. The van der Waals surface area contributed by atoms with Gasteiger partial charge in [0.05, 0.1) is 0 Å². The van der Waals surface area contributed by atoms with E-state index in [9.17, 15) is 23.5 Å². The van der Waals surface area contributed by atoms with E-state index >= 15 is 0 Å². The number of aromatic hydroxyl groups is 1. The van der Waals surface area contributed by atoms with Crippen molar-refractivity contribution in [2.45, 2.75) is 52.5 Å². The van der Waals surface area contributed by atoms with Crippen molar-refractivity contribution < 1.29 is 18.7 Å². The van der Waals surface area contributed by atoms with Crippen molar-refractivity contribution in [1.82, 2.24) is 14.8 Å². The minimum Gasteiger partial charge on any atom is -0.506 e. The normalized spacial score (nSPS) is 14.3. The molecule has 4 rings (SSSR count). The van der Waals surface area contributed by atoms with E-state index in [1.165, 1.54) is 11.0 Å². The highest BCUT2D eigenvalue weighted by Gasteiger charge is 2.29. The first-order valence-electron chi connectivity index (χ1n) is 13.2. The number of aromatic nitrogens is 1. The summed E-state index contributed by atoms with van der Waals surface area (Å²) in [5.41, 5.74) is 2.35. The number of amides is 1. The second-order valence-electron chi connectivity index (χ2n) is 10.2. The van der Waals surface area contributed by atoms with Crippen LogP contribution in [0.1, 0.15) is 66.7 Å². The van der Waals surface area contributed by atoms with E-state index in [1.54, 1.807) is 6.07 Å². The molecule has 1 amide bonds. The Kier molecular flexibility index (Phi) is 8.62. The number of carbonyl (C=O) groups is 1. The molecule has 0 aliphatic carbocycles. The summed E-state index contributed by atoms with van der Waals surface area (Å²) in [4.78, 5) is 33.0. The number of aryl methyl sites for hydroxylation is 1. The molecule has 2 aromatic carbocycles. The maximum Gasteiger partial charge on any atom is 0.264 e. The molecule has 2 N–H and O–H groups in total. The Morgan fingerprint density at radius 3 is 2.47 bits per heavy atom. The summed E-state index contributed by atoms with van der Waals surface area (Å²) >= 11 is 0. The third kappa shape index (κ3) is 5.80. The maximum atomic E-state index is 14.1. The van der Waals surface area contributed by atoms with Gasteiger partial charge in [0.15, 0.2) is 11.6 Å². The summed E-state index contributed by atoms with van der Waals surface area (Å²) in [7, 11) is 0. The summed E-state index contributed by atoms with van der Waals surface area (Å²) in [6, 6.07) is 11.9. The molecule has 1 aliphatic heterocycles. The highest BCUT2D eigenvalue weighted by Crippen LogP contribution is 2.35. The van der Waals surface area contributed by atoms with E-state index in [1.807, 2.05) is 29.2 Å². The maximum absolute atomic E-state index is 14.1. The molecule has 0 unspecified atom stereocenters. The van der Waals surface area contributed by atoms with Gasteiger partial charge in [-0.3, -0.25) is 14.5 Å². The number of benzene rings is 2. The fourth-order valence-electron chi connectivity index (χ4n) is 4.92. The van der Waals surface area contributed by atoms with Gasteiger partial charge in [-0.1, -0.05) is 63.6 Å². The summed E-state index contributed by atoms with van der Waals surface area (Å²) < 4.78 is 27.7. The Morgan fingerprint density at radius 1 is 1.08 bits per heavy atom. The van der Waals surface area contributed by atoms with E-state index in [0.717, 1.165) is 30.0 Å². The average Bonchev–Trinajstić information content (AvgIpc) is 2.90. The monoisotopic (exact) mass is 523 g/mol. The molecular weight excluding hydrogens is 488 g/mol. The Balaban J connectivity index is 1.60. The summed E-state index contributed by atoms with van der Waals surface area (Å²) in [5.74, 6) is -2.31. The zero-order chi connectivity index (χ0) is 27.4. The lowest BCUT2D eigenvalue weighted by atomic mass is 9.93. The van der Waals surface area contributed by atoms with Crippen LogP contribution in [0.25, 0.3) is 11.1 Å². The number of rotatable bonds is 8. The van der Waals surface area contributed by atoms with Crippen LogP contribution >= 0.6 is 0 Å². The lowest BCUT2D eigenvalue weighted by molar-refractivity contribution is 0.0622. The van der Waals surface area contributed by atoms with Crippen LogP contribution in [0.4, 0.5) is 8.78 Å². The standard InChI is InChI=1S/C30H35F2N3O3/c1-4-5-12-24-25(21-9-6-8-20(17-21)19(2)3)28(36)26(29(37)33-24)30(38)35-15-13-34(14-16-35)18-22-10-7-11-23(31)27(22)32/h6-11,17,19H,4-5,12-16,18H2,1-3H3,(H2,33,36,37). The first kappa shape index (κ1) is 27.5. The molecule has 0 atom stereocenters. The van der Waals surface area contributed by atoms with Gasteiger partial charge in [0.2, 0.25) is 0 Å². The fraction of sp³-hybridized carbons (Fsp3) is 0.400. The fourth-order valence-corrected chi connectivity index (χ4v) is 4.92. The van der Waals surface area contributed by atoms with Gasteiger partial charge in [-0.05, 0) is 36.0 Å².